The van der Waals surface area contributed by atoms with Gasteiger partial charge in [0.05, 0.1) is 37.4 Å². The number of benzene rings is 2. The van der Waals surface area contributed by atoms with Crippen LogP contribution < -0.4 is 10.2 Å². The number of ether oxygens (including phenoxy) is 8. The minimum absolute atomic E-state index is 0.0120. The van der Waals surface area contributed by atoms with E-state index in [-0.39, 0.29) is 33.5 Å². The summed E-state index contributed by atoms with van der Waals surface area (Å²) in [6, 6.07) is 10.0. The van der Waals surface area contributed by atoms with Crippen LogP contribution >= 0.6 is 0 Å². The van der Waals surface area contributed by atoms with Crippen LogP contribution in [0.25, 0.3) is 22.1 Å². The molecule has 0 amide bonds. The fourth-order valence-corrected chi connectivity index (χ4v) is 7.78. The van der Waals surface area contributed by atoms with E-state index in [0.29, 0.717) is 5.56 Å². The van der Waals surface area contributed by atoms with E-state index in [1.54, 1.807) is 12.1 Å². The van der Waals surface area contributed by atoms with E-state index in [4.69, 9.17) is 42.3 Å². The number of aliphatic hydroxyl groups is 13. The molecule has 0 saturated carbocycles. The van der Waals surface area contributed by atoms with Crippen molar-refractivity contribution in [3.05, 3.63) is 59.0 Å². The molecule has 0 bridgehead atoms. The fraction of sp³-hybridized carbons (Fsp3) is 0.615. The second-order valence-corrected chi connectivity index (χ2v) is 15.4. The molecule has 4 aliphatic heterocycles. The summed E-state index contributed by atoms with van der Waals surface area (Å²) in [5, 5.41) is 147. The summed E-state index contributed by atoms with van der Waals surface area (Å²) in [6.45, 7) is -3.52. The highest BCUT2D eigenvalue weighted by atomic mass is 16.8. The largest absolute Gasteiger partial charge is 0.508 e. The smallest absolute Gasteiger partial charge is 0.229 e. The number of hydrogen-bond donors (Lipinski definition) is 14. The van der Waals surface area contributed by atoms with Crippen LogP contribution in [0, 0.1) is 0 Å². The molecule has 4 fully saturated rings. The zero-order valence-electron chi connectivity index (χ0n) is 32.8. The summed E-state index contributed by atoms with van der Waals surface area (Å²) in [4.78, 5) is 13.2. The van der Waals surface area contributed by atoms with Crippen molar-refractivity contribution in [3.8, 4) is 22.6 Å². The molecule has 63 heavy (non-hydrogen) atoms. The molecule has 14 N–H and O–H groups in total. The second kappa shape index (κ2) is 19.9. The molecule has 0 unspecified atom stereocenters. The molecular formula is C39H50O24. The highest BCUT2D eigenvalue weighted by Gasteiger charge is 2.55. The molecule has 20 atom stereocenters. The van der Waals surface area contributed by atoms with Crippen LogP contribution in [0.4, 0.5) is 0 Å². The topological polar surface area (TPSA) is 387 Å². The van der Waals surface area contributed by atoms with Crippen LogP contribution in [0.3, 0.4) is 0 Å². The summed E-state index contributed by atoms with van der Waals surface area (Å²) >= 11 is 0. The summed E-state index contributed by atoms with van der Waals surface area (Å²) in [5.74, 6) is 0.0288. The Labute approximate surface area is 355 Å². The molecule has 1 aromatic heterocycles. The number of hydrogen-bond acceptors (Lipinski definition) is 24. The normalized spacial score (nSPS) is 41.1. The van der Waals surface area contributed by atoms with Crippen LogP contribution in [0.5, 0.6) is 11.5 Å². The standard InChI is InChI=1S/C39H50O24/c40-8-19-24(46)25(47)29(51)37(57-19)61-34-21(10-42)59-39(31(53)27(34)49)63-35-22(11-43)60-38(32(54)28(35)50)62-33-20(9-41)58-36(30(52)26(33)48)56-15-5-6-16-18(7-15)55-12-17(23(16)45)13-1-3-14(44)4-2-13/h1-7,12,19-22,24-44,46-54H,8-11H2/t19-,20-,21-,22-,24-,25+,26-,27-,28-,29-,30-,31-,32-,33-,34-,35-,36-,37+,38+,39+/m1/s1. The molecule has 2 aromatic carbocycles. The van der Waals surface area contributed by atoms with Crippen molar-refractivity contribution in [3.63, 3.8) is 0 Å². The van der Waals surface area contributed by atoms with Crippen molar-refractivity contribution in [2.45, 2.75) is 123 Å². The monoisotopic (exact) mass is 902 g/mol. The van der Waals surface area contributed by atoms with Crippen molar-refractivity contribution in [2.24, 2.45) is 0 Å². The lowest BCUT2D eigenvalue weighted by molar-refractivity contribution is -0.387. The molecule has 4 aliphatic rings. The number of rotatable bonds is 13. The minimum Gasteiger partial charge on any atom is -0.508 e. The average Bonchev–Trinajstić information content (AvgIpc) is 3.28. The van der Waals surface area contributed by atoms with Gasteiger partial charge in [-0.2, -0.15) is 0 Å². The number of aliphatic hydroxyl groups excluding tert-OH is 13. The van der Waals surface area contributed by atoms with Gasteiger partial charge < -0.3 is 114 Å². The van der Waals surface area contributed by atoms with E-state index in [9.17, 15) is 76.3 Å². The number of phenolic OH excluding ortho intramolecular Hbond substituents is 1. The molecule has 0 spiro atoms. The Morgan fingerprint density at radius 2 is 0.921 bits per heavy atom. The Balaban J connectivity index is 0.982. The Bertz CT molecular complexity index is 2010. The maximum atomic E-state index is 13.2. The minimum atomic E-state index is -2.07. The van der Waals surface area contributed by atoms with Crippen molar-refractivity contribution in [1.82, 2.24) is 0 Å². The van der Waals surface area contributed by atoms with Crippen LogP contribution in [-0.4, -0.2) is 221 Å². The van der Waals surface area contributed by atoms with E-state index >= 15 is 0 Å². The van der Waals surface area contributed by atoms with Gasteiger partial charge >= 0.3 is 0 Å². The zero-order chi connectivity index (χ0) is 45.4. The van der Waals surface area contributed by atoms with Crippen LogP contribution in [-0.2, 0) is 33.2 Å². The Morgan fingerprint density at radius 1 is 0.492 bits per heavy atom. The summed E-state index contributed by atoms with van der Waals surface area (Å²) in [6.07, 6.45) is -34.7. The predicted octanol–water partition coefficient (Wildman–Crippen LogP) is -6.18. The number of fused-ring (bicyclic) bond motifs is 1. The maximum absolute atomic E-state index is 13.2. The van der Waals surface area contributed by atoms with Gasteiger partial charge in [0.1, 0.15) is 121 Å². The van der Waals surface area contributed by atoms with Crippen molar-refractivity contribution in [2.75, 3.05) is 26.4 Å². The first-order valence-electron chi connectivity index (χ1n) is 19.8. The lowest BCUT2D eigenvalue weighted by atomic mass is 9.95. The summed E-state index contributed by atoms with van der Waals surface area (Å²) in [7, 11) is 0. The third-order valence-electron chi connectivity index (χ3n) is 11.4. The van der Waals surface area contributed by atoms with E-state index in [1.807, 2.05) is 0 Å². The Hall–Kier alpha value is -3.55. The Morgan fingerprint density at radius 3 is 1.40 bits per heavy atom. The SMILES string of the molecule is O=c1c(-c2ccc(O)cc2)coc2cc(O[C@@H]3O[C@H](CO)[C@@H](O[C@@H]4O[C@H](CO)[C@@H](O[C@@H]5O[C@H](CO)[C@@H](O[C@@H]6O[C@H](CO)[C@@H](O)[C@H](O)[C@H]6O)[C@H](O)[C@H]5O)[C@H](O)[C@H]4O)[C@H](O)[C@H]3O)ccc12. The first kappa shape index (κ1) is 47.4. The zero-order valence-corrected chi connectivity index (χ0v) is 32.8. The molecule has 24 heteroatoms. The lowest BCUT2D eigenvalue weighted by Gasteiger charge is -2.49. The molecule has 7 rings (SSSR count). The molecule has 5 heterocycles. The third kappa shape index (κ3) is 9.44. The van der Waals surface area contributed by atoms with Gasteiger partial charge in [0.2, 0.25) is 6.29 Å². The van der Waals surface area contributed by atoms with Gasteiger partial charge in [-0.15, -0.1) is 0 Å². The van der Waals surface area contributed by atoms with Crippen LogP contribution in [0.15, 0.2) is 57.9 Å². The van der Waals surface area contributed by atoms with Crippen LogP contribution in [0.2, 0.25) is 0 Å². The molecule has 24 nitrogen and oxygen atoms in total. The molecular weight excluding hydrogens is 852 g/mol. The maximum Gasteiger partial charge on any atom is 0.229 e. The quantitative estimate of drug-likeness (QED) is 0.0759. The Kier molecular flexibility index (Phi) is 15.0. The highest BCUT2D eigenvalue weighted by molar-refractivity contribution is 5.82. The lowest BCUT2D eigenvalue weighted by Crippen LogP contribution is -2.67. The first-order valence-corrected chi connectivity index (χ1v) is 19.8. The highest BCUT2D eigenvalue weighted by Crippen LogP contribution is 2.35. The van der Waals surface area contributed by atoms with Gasteiger partial charge in [-0.1, -0.05) is 12.1 Å². The van der Waals surface area contributed by atoms with Gasteiger partial charge in [0.15, 0.2) is 24.3 Å². The van der Waals surface area contributed by atoms with Gasteiger partial charge in [0, 0.05) is 6.07 Å². The van der Waals surface area contributed by atoms with Gasteiger partial charge in [0.25, 0.3) is 0 Å². The average molecular weight is 903 g/mol. The second-order valence-electron chi connectivity index (χ2n) is 15.4. The molecule has 0 aliphatic carbocycles. The number of aromatic hydroxyl groups is 1. The summed E-state index contributed by atoms with van der Waals surface area (Å²) < 4.78 is 50.6. The van der Waals surface area contributed by atoms with E-state index < -0.39 is 149 Å². The molecule has 4 saturated heterocycles. The van der Waals surface area contributed by atoms with Crippen molar-refractivity contribution in [1.29, 1.82) is 0 Å². The molecule has 0 radical (unpaired) electrons. The number of phenols is 1. The molecule has 350 valence electrons. The fourth-order valence-electron chi connectivity index (χ4n) is 7.78. The first-order chi connectivity index (χ1) is 30.1. The predicted molar refractivity (Wildman–Crippen MR) is 202 cm³/mol. The van der Waals surface area contributed by atoms with E-state index in [2.05, 4.69) is 0 Å². The van der Waals surface area contributed by atoms with E-state index in [1.165, 1.54) is 36.6 Å². The van der Waals surface area contributed by atoms with E-state index in [0.717, 1.165) is 0 Å². The van der Waals surface area contributed by atoms with Crippen molar-refractivity contribution >= 4 is 11.0 Å². The van der Waals surface area contributed by atoms with Crippen molar-refractivity contribution < 1.29 is 114 Å². The van der Waals surface area contributed by atoms with Gasteiger partial charge in [-0.3, -0.25) is 4.79 Å². The summed E-state index contributed by atoms with van der Waals surface area (Å²) in [5.41, 5.74) is 0.424. The van der Waals surface area contributed by atoms with Gasteiger partial charge in [-0.25, -0.2) is 0 Å². The molecule has 3 aromatic rings. The van der Waals surface area contributed by atoms with Crippen LogP contribution in [0.1, 0.15) is 0 Å². The third-order valence-corrected chi connectivity index (χ3v) is 11.4. The van der Waals surface area contributed by atoms with Gasteiger partial charge in [-0.05, 0) is 29.8 Å².